The van der Waals surface area contributed by atoms with Crippen molar-refractivity contribution in [1.29, 1.82) is 0 Å². The average molecular weight is 409 g/mol. The Morgan fingerprint density at radius 1 is 1.07 bits per heavy atom. The summed E-state index contributed by atoms with van der Waals surface area (Å²) in [7, 11) is 0. The molecule has 2 aliphatic rings. The van der Waals surface area contributed by atoms with Gasteiger partial charge in [-0.15, -0.1) is 11.3 Å². The van der Waals surface area contributed by atoms with Crippen molar-refractivity contribution in [1.82, 2.24) is 0 Å². The number of hydrogen-bond acceptors (Lipinski definition) is 4. The number of ether oxygens (including phenoxy) is 2. The van der Waals surface area contributed by atoms with Crippen LogP contribution in [-0.4, -0.2) is 19.1 Å². The minimum atomic E-state index is -0.257. The van der Waals surface area contributed by atoms with Gasteiger partial charge in [-0.3, -0.25) is 4.79 Å². The van der Waals surface area contributed by atoms with Gasteiger partial charge in [0, 0.05) is 22.5 Å². The average Bonchev–Trinajstić information content (AvgIpc) is 3.38. The smallest absolute Gasteiger partial charge is 0.231 e. The highest BCUT2D eigenvalue weighted by Gasteiger charge is 2.46. The first-order valence-corrected chi connectivity index (χ1v) is 10.6. The minimum Gasteiger partial charge on any atom is -0.486 e. The van der Waals surface area contributed by atoms with E-state index < -0.39 is 0 Å². The molecule has 2 aromatic carbocycles. The molecule has 1 aliphatic carbocycles. The van der Waals surface area contributed by atoms with Crippen molar-refractivity contribution in [2.45, 2.75) is 18.9 Å². The van der Waals surface area contributed by atoms with Crippen LogP contribution in [0.1, 0.15) is 22.8 Å². The van der Waals surface area contributed by atoms with E-state index in [1.807, 2.05) is 40.6 Å². The van der Waals surface area contributed by atoms with Crippen LogP contribution in [0.5, 0.6) is 11.5 Å². The quantitative estimate of drug-likeness (QED) is 0.596. The van der Waals surface area contributed by atoms with E-state index in [-0.39, 0.29) is 23.6 Å². The van der Waals surface area contributed by atoms with E-state index in [0.29, 0.717) is 31.3 Å². The maximum absolute atomic E-state index is 13.4. The summed E-state index contributed by atoms with van der Waals surface area (Å²) in [6.45, 7) is 1.55. The number of carbonyl (C=O) groups is 1. The van der Waals surface area contributed by atoms with E-state index in [0.717, 1.165) is 22.5 Å². The highest BCUT2D eigenvalue weighted by atomic mass is 32.1. The van der Waals surface area contributed by atoms with Crippen molar-refractivity contribution in [2.75, 3.05) is 18.1 Å². The SMILES string of the molecule is O=C(C1CC1c1ccc(F)cc1)N(Cc1cccs1)c1ccc2c(c1)OCCO2. The molecule has 4 nitrogen and oxygen atoms in total. The summed E-state index contributed by atoms with van der Waals surface area (Å²) in [4.78, 5) is 16.4. The van der Waals surface area contributed by atoms with Gasteiger partial charge in [-0.05, 0) is 53.6 Å². The standard InChI is InChI=1S/C23H20FNO3S/c24-16-5-3-15(4-6-16)19-13-20(19)23(26)25(14-18-2-1-11-29-18)17-7-8-21-22(12-17)28-10-9-27-21/h1-8,11-12,19-20H,9-10,13-14H2. The lowest BCUT2D eigenvalue weighted by Gasteiger charge is -2.25. The largest absolute Gasteiger partial charge is 0.486 e. The van der Waals surface area contributed by atoms with E-state index in [4.69, 9.17) is 9.47 Å². The highest BCUT2D eigenvalue weighted by Crippen LogP contribution is 2.49. The Morgan fingerprint density at radius 2 is 1.86 bits per heavy atom. The number of thiophene rings is 1. The second-order valence-corrected chi connectivity index (χ2v) is 8.36. The van der Waals surface area contributed by atoms with Gasteiger partial charge in [-0.2, -0.15) is 0 Å². The molecule has 2 unspecified atom stereocenters. The van der Waals surface area contributed by atoms with Gasteiger partial charge in [0.25, 0.3) is 0 Å². The number of anilines is 1. The van der Waals surface area contributed by atoms with E-state index >= 15 is 0 Å². The summed E-state index contributed by atoms with van der Waals surface area (Å²) in [5.74, 6) is 1.26. The number of rotatable bonds is 5. The Kier molecular flexibility index (Phi) is 4.72. The van der Waals surface area contributed by atoms with Crippen LogP contribution >= 0.6 is 11.3 Å². The molecule has 2 atom stereocenters. The zero-order valence-electron chi connectivity index (χ0n) is 15.7. The first kappa shape index (κ1) is 18.2. The lowest BCUT2D eigenvalue weighted by molar-refractivity contribution is -0.120. The number of amides is 1. The number of halogens is 1. The fraction of sp³-hybridized carbons (Fsp3) is 0.261. The Morgan fingerprint density at radius 3 is 2.62 bits per heavy atom. The predicted molar refractivity (Wildman–Crippen MR) is 110 cm³/mol. The van der Waals surface area contributed by atoms with Crippen LogP contribution in [0.15, 0.2) is 60.0 Å². The van der Waals surface area contributed by atoms with Gasteiger partial charge in [0.2, 0.25) is 5.91 Å². The van der Waals surface area contributed by atoms with Crippen molar-refractivity contribution in [3.05, 3.63) is 76.2 Å². The van der Waals surface area contributed by atoms with Crippen LogP contribution in [-0.2, 0) is 11.3 Å². The Labute approximate surface area is 172 Å². The first-order chi connectivity index (χ1) is 14.2. The molecule has 0 N–H and O–H groups in total. The first-order valence-electron chi connectivity index (χ1n) is 9.68. The molecule has 148 valence electrons. The van der Waals surface area contributed by atoms with Gasteiger partial charge in [0.1, 0.15) is 19.0 Å². The fourth-order valence-corrected chi connectivity index (χ4v) is 4.49. The lowest BCUT2D eigenvalue weighted by Crippen LogP contribution is -2.32. The molecule has 0 radical (unpaired) electrons. The molecule has 1 aliphatic heterocycles. The van der Waals surface area contributed by atoms with Gasteiger partial charge in [0.05, 0.1) is 6.54 Å². The summed E-state index contributed by atoms with van der Waals surface area (Å²) in [6, 6.07) is 16.2. The third-order valence-electron chi connectivity index (χ3n) is 5.40. The van der Waals surface area contributed by atoms with Gasteiger partial charge in [0.15, 0.2) is 11.5 Å². The second-order valence-electron chi connectivity index (χ2n) is 7.33. The van der Waals surface area contributed by atoms with Crippen LogP contribution < -0.4 is 14.4 Å². The minimum absolute atomic E-state index is 0.0874. The molecule has 5 rings (SSSR count). The van der Waals surface area contributed by atoms with Crippen molar-refractivity contribution in [2.24, 2.45) is 5.92 Å². The van der Waals surface area contributed by atoms with Crippen LogP contribution in [0, 0.1) is 11.7 Å². The van der Waals surface area contributed by atoms with E-state index in [9.17, 15) is 9.18 Å². The molecular weight excluding hydrogens is 389 g/mol. The number of fused-ring (bicyclic) bond motifs is 1. The van der Waals surface area contributed by atoms with Crippen molar-refractivity contribution < 1.29 is 18.7 Å². The molecule has 6 heteroatoms. The van der Waals surface area contributed by atoms with Gasteiger partial charge in [-0.25, -0.2) is 4.39 Å². The molecule has 1 fully saturated rings. The molecule has 3 aromatic rings. The zero-order chi connectivity index (χ0) is 19.8. The highest BCUT2D eigenvalue weighted by molar-refractivity contribution is 7.09. The summed E-state index contributed by atoms with van der Waals surface area (Å²) in [5, 5.41) is 2.01. The van der Waals surface area contributed by atoms with Crippen molar-refractivity contribution in [3.63, 3.8) is 0 Å². The number of nitrogens with zero attached hydrogens (tertiary/aromatic N) is 1. The van der Waals surface area contributed by atoms with E-state index in [1.54, 1.807) is 23.5 Å². The van der Waals surface area contributed by atoms with Crippen molar-refractivity contribution >= 4 is 22.9 Å². The molecule has 2 heterocycles. The van der Waals surface area contributed by atoms with Crippen LogP contribution in [0.25, 0.3) is 0 Å². The number of hydrogen-bond donors (Lipinski definition) is 0. The third-order valence-corrected chi connectivity index (χ3v) is 6.26. The number of benzene rings is 2. The van der Waals surface area contributed by atoms with Gasteiger partial charge in [-0.1, -0.05) is 18.2 Å². The molecule has 1 aromatic heterocycles. The molecular formula is C23H20FNO3S. The van der Waals surface area contributed by atoms with Crippen LogP contribution in [0.3, 0.4) is 0 Å². The van der Waals surface area contributed by atoms with E-state index in [2.05, 4.69) is 0 Å². The molecule has 0 spiro atoms. The zero-order valence-corrected chi connectivity index (χ0v) is 16.5. The Balaban J connectivity index is 1.41. The topological polar surface area (TPSA) is 38.8 Å². The van der Waals surface area contributed by atoms with Crippen molar-refractivity contribution in [3.8, 4) is 11.5 Å². The molecule has 1 saturated carbocycles. The second kappa shape index (κ2) is 7.52. The molecule has 0 saturated heterocycles. The summed E-state index contributed by atoms with van der Waals surface area (Å²) in [6.07, 6.45) is 0.788. The van der Waals surface area contributed by atoms with Gasteiger partial charge >= 0.3 is 0 Å². The fourth-order valence-electron chi connectivity index (χ4n) is 3.80. The maximum Gasteiger partial charge on any atom is 0.231 e. The monoisotopic (exact) mass is 409 g/mol. The Hall–Kier alpha value is -2.86. The third kappa shape index (κ3) is 3.72. The Bertz CT molecular complexity index is 1020. The molecule has 1 amide bonds. The summed E-state index contributed by atoms with van der Waals surface area (Å²) in [5.41, 5.74) is 1.82. The van der Waals surface area contributed by atoms with Crippen LogP contribution in [0.2, 0.25) is 0 Å². The maximum atomic E-state index is 13.4. The van der Waals surface area contributed by atoms with E-state index in [1.165, 1.54) is 12.1 Å². The van der Waals surface area contributed by atoms with Gasteiger partial charge < -0.3 is 14.4 Å². The summed E-state index contributed by atoms with van der Waals surface area (Å²) >= 11 is 1.63. The normalized spacial score (nSPS) is 19.6. The molecule has 29 heavy (non-hydrogen) atoms. The summed E-state index contributed by atoms with van der Waals surface area (Å²) < 4.78 is 24.6. The molecule has 0 bridgehead atoms. The van der Waals surface area contributed by atoms with Crippen LogP contribution in [0.4, 0.5) is 10.1 Å². The number of carbonyl (C=O) groups excluding carboxylic acids is 1. The lowest BCUT2D eigenvalue weighted by atomic mass is 10.1. The predicted octanol–water partition coefficient (Wildman–Crippen LogP) is 5.00.